The number of hydrogen-bond donors (Lipinski definition) is 0. The van der Waals surface area contributed by atoms with E-state index in [2.05, 4.69) is 11.9 Å². The summed E-state index contributed by atoms with van der Waals surface area (Å²) in [5.41, 5.74) is 2.43. The van der Waals surface area contributed by atoms with Crippen LogP contribution in [-0.4, -0.2) is 4.98 Å². The molecule has 0 unspecified atom stereocenters. The first kappa shape index (κ1) is 7.55. The van der Waals surface area contributed by atoms with E-state index < -0.39 is 0 Å². The van der Waals surface area contributed by atoms with Crippen LogP contribution < -0.4 is 0 Å². The van der Waals surface area contributed by atoms with Crippen LogP contribution in [0.3, 0.4) is 0 Å². The molecule has 53 valence electrons. The Morgan fingerprint density at radius 3 is 3.10 bits per heavy atom. The second-order valence-electron chi connectivity index (χ2n) is 2.16. The summed E-state index contributed by atoms with van der Waals surface area (Å²) in [5, 5.41) is 0. The molecule has 1 nitrogen and oxygen atoms in total. The molecule has 0 fully saturated rings. The molecule has 0 amide bonds. The van der Waals surface area contributed by atoms with Crippen molar-refractivity contribution in [3.63, 3.8) is 0 Å². The number of halogens is 1. The smallest absolute Gasteiger partial charge is 0.0543 e. The quantitative estimate of drug-likeness (QED) is 0.637. The van der Waals surface area contributed by atoms with E-state index >= 15 is 0 Å². The molecular weight excluding hydrogens is 146 g/mol. The molecule has 0 atom stereocenters. The van der Waals surface area contributed by atoms with Crippen molar-refractivity contribution in [1.29, 1.82) is 0 Å². The Morgan fingerprint density at radius 1 is 1.70 bits per heavy atom. The van der Waals surface area contributed by atoms with Gasteiger partial charge in [0.15, 0.2) is 0 Å². The molecule has 0 N–H and O–H groups in total. The van der Waals surface area contributed by atoms with Crippen molar-refractivity contribution >= 4 is 11.6 Å². The van der Waals surface area contributed by atoms with Crippen LogP contribution in [0.25, 0.3) is 0 Å². The van der Waals surface area contributed by atoms with Gasteiger partial charge >= 0.3 is 0 Å². The van der Waals surface area contributed by atoms with Crippen LogP contribution in [0.1, 0.15) is 11.1 Å². The van der Waals surface area contributed by atoms with Crippen LogP contribution in [0.5, 0.6) is 0 Å². The van der Waals surface area contributed by atoms with Gasteiger partial charge in [0.1, 0.15) is 0 Å². The molecule has 0 saturated heterocycles. The van der Waals surface area contributed by atoms with E-state index in [1.807, 2.05) is 12.3 Å². The van der Waals surface area contributed by atoms with Crippen LogP contribution >= 0.6 is 11.6 Å². The predicted molar refractivity (Wildman–Crippen MR) is 42.8 cm³/mol. The Kier molecular flexibility index (Phi) is 2.69. The lowest BCUT2D eigenvalue weighted by Gasteiger charge is -1.99. The second kappa shape index (κ2) is 3.57. The van der Waals surface area contributed by atoms with Gasteiger partial charge in [-0.25, -0.2) is 0 Å². The summed E-state index contributed by atoms with van der Waals surface area (Å²) in [6.45, 7) is 2.05. The van der Waals surface area contributed by atoms with Crippen LogP contribution in [0, 0.1) is 12.8 Å². The molecule has 0 saturated carbocycles. The van der Waals surface area contributed by atoms with Gasteiger partial charge in [-0.3, -0.25) is 4.98 Å². The summed E-state index contributed by atoms with van der Waals surface area (Å²) < 4.78 is 0. The number of rotatable bonds is 2. The molecule has 1 radical (unpaired) electrons. The maximum Gasteiger partial charge on any atom is 0.0543 e. The molecule has 0 bridgehead atoms. The highest BCUT2D eigenvalue weighted by Crippen LogP contribution is 2.07. The van der Waals surface area contributed by atoms with E-state index in [0.717, 1.165) is 6.42 Å². The minimum Gasteiger partial charge on any atom is -0.264 e. The summed E-state index contributed by atoms with van der Waals surface area (Å²) in [6.07, 6.45) is 4.42. The van der Waals surface area contributed by atoms with E-state index in [9.17, 15) is 0 Å². The van der Waals surface area contributed by atoms with E-state index in [1.54, 1.807) is 12.1 Å². The molecule has 0 aliphatic carbocycles. The zero-order valence-corrected chi connectivity index (χ0v) is 6.60. The fraction of sp³-hybridized carbons (Fsp3) is 0.250. The van der Waals surface area contributed by atoms with Gasteiger partial charge in [0.25, 0.3) is 0 Å². The summed E-state index contributed by atoms with van der Waals surface area (Å²) in [5.74, 6) is 1.62. The van der Waals surface area contributed by atoms with Crippen molar-refractivity contribution < 1.29 is 0 Å². The normalized spacial score (nSPS) is 9.80. The van der Waals surface area contributed by atoms with Crippen molar-refractivity contribution in [3.8, 4) is 0 Å². The highest BCUT2D eigenvalue weighted by atomic mass is 35.5. The van der Waals surface area contributed by atoms with Crippen LogP contribution in [0.15, 0.2) is 18.5 Å². The van der Waals surface area contributed by atoms with Crippen LogP contribution in [0.4, 0.5) is 0 Å². The van der Waals surface area contributed by atoms with Gasteiger partial charge in [0.05, 0.1) is 5.88 Å². The van der Waals surface area contributed by atoms with Crippen LogP contribution in [0.2, 0.25) is 0 Å². The molecule has 2 heteroatoms. The molecule has 1 aromatic rings. The van der Waals surface area contributed by atoms with E-state index in [4.69, 9.17) is 11.6 Å². The number of aromatic nitrogens is 1. The summed E-state index contributed by atoms with van der Waals surface area (Å²) >= 11 is 5.46. The minimum atomic E-state index is 0.793. The average Bonchev–Trinajstić information content (AvgIpc) is 1.94. The maximum atomic E-state index is 5.46. The fourth-order valence-corrected chi connectivity index (χ4v) is 0.960. The summed E-state index contributed by atoms with van der Waals surface area (Å²) in [6, 6.07) is 1.98. The van der Waals surface area contributed by atoms with Crippen molar-refractivity contribution in [2.75, 3.05) is 0 Å². The lowest BCUT2D eigenvalue weighted by atomic mass is 10.1. The summed E-state index contributed by atoms with van der Waals surface area (Å²) in [7, 11) is 0. The van der Waals surface area contributed by atoms with Crippen LogP contribution in [-0.2, 0) is 6.42 Å². The molecule has 1 aromatic heterocycles. The number of pyridine rings is 1. The summed E-state index contributed by atoms with van der Waals surface area (Å²) in [4.78, 5) is 3.99. The third-order valence-electron chi connectivity index (χ3n) is 1.44. The highest BCUT2D eigenvalue weighted by Gasteiger charge is 1.94. The number of nitrogens with zero attached hydrogens (tertiary/aromatic N) is 1. The molecule has 1 heterocycles. The van der Waals surface area contributed by atoms with Gasteiger partial charge in [-0.1, -0.05) is 0 Å². The monoisotopic (exact) mass is 154 g/mol. The Balaban J connectivity index is 2.81. The predicted octanol–water partition coefficient (Wildman–Crippen LogP) is 2.33. The molecular formula is C8H9ClN. The Bertz CT molecular complexity index is 210. The van der Waals surface area contributed by atoms with E-state index in [-0.39, 0.29) is 0 Å². The zero-order chi connectivity index (χ0) is 7.40. The van der Waals surface area contributed by atoms with Gasteiger partial charge in [-0.15, -0.1) is 11.6 Å². The lowest BCUT2D eigenvalue weighted by Crippen LogP contribution is -1.87. The zero-order valence-electron chi connectivity index (χ0n) is 5.84. The third kappa shape index (κ3) is 1.71. The molecule has 0 spiro atoms. The molecule has 10 heavy (non-hydrogen) atoms. The highest BCUT2D eigenvalue weighted by molar-refractivity contribution is 6.23. The Hall–Kier alpha value is -0.560. The van der Waals surface area contributed by atoms with Gasteiger partial charge < -0.3 is 0 Å². The molecule has 0 aliphatic heterocycles. The third-order valence-corrected chi connectivity index (χ3v) is 1.60. The molecule has 1 rings (SSSR count). The van der Waals surface area contributed by atoms with Crippen molar-refractivity contribution in [2.45, 2.75) is 13.3 Å². The van der Waals surface area contributed by atoms with E-state index in [0.29, 0.717) is 0 Å². The van der Waals surface area contributed by atoms with Gasteiger partial charge in [-0.05, 0) is 30.5 Å². The van der Waals surface area contributed by atoms with Gasteiger partial charge in [0, 0.05) is 12.4 Å². The van der Waals surface area contributed by atoms with Crippen molar-refractivity contribution in [1.82, 2.24) is 4.98 Å². The maximum absolute atomic E-state index is 5.46. The number of hydrogen-bond acceptors (Lipinski definition) is 1. The first-order valence-corrected chi connectivity index (χ1v) is 3.59. The van der Waals surface area contributed by atoms with Gasteiger partial charge in [-0.2, -0.15) is 0 Å². The van der Waals surface area contributed by atoms with Gasteiger partial charge in [0.2, 0.25) is 0 Å². The lowest BCUT2D eigenvalue weighted by molar-refractivity contribution is 1.13. The SMILES string of the molecule is Cc1ccncc1C[CH]Cl. The van der Waals surface area contributed by atoms with E-state index in [1.165, 1.54) is 11.1 Å². The average molecular weight is 155 g/mol. The molecule has 0 aromatic carbocycles. The standard InChI is InChI=1S/C8H9ClN/c1-7-3-5-10-6-8(7)2-4-9/h3-6H,2H2,1H3. The fourth-order valence-electron chi connectivity index (χ4n) is 0.794. The Labute approximate surface area is 66.0 Å². The Morgan fingerprint density at radius 2 is 2.50 bits per heavy atom. The molecule has 0 aliphatic rings. The first-order valence-electron chi connectivity index (χ1n) is 3.16. The minimum absolute atomic E-state index is 0.793. The van der Waals surface area contributed by atoms with Crippen molar-refractivity contribution in [3.05, 3.63) is 35.5 Å². The largest absolute Gasteiger partial charge is 0.264 e. The second-order valence-corrected chi connectivity index (χ2v) is 2.47. The van der Waals surface area contributed by atoms with Crippen molar-refractivity contribution in [2.24, 2.45) is 0 Å². The first-order chi connectivity index (χ1) is 4.84. The number of aryl methyl sites for hydroxylation is 1. The topological polar surface area (TPSA) is 12.9 Å².